The molecule has 1 saturated carbocycles. The second-order valence-corrected chi connectivity index (χ2v) is 9.55. The van der Waals surface area contributed by atoms with Crippen LogP contribution < -0.4 is 5.32 Å². The van der Waals surface area contributed by atoms with Crippen LogP contribution in [0.2, 0.25) is 0 Å². The van der Waals surface area contributed by atoms with Crippen molar-refractivity contribution in [3.63, 3.8) is 0 Å². The molecule has 0 radical (unpaired) electrons. The Balaban J connectivity index is 1.34. The fourth-order valence-corrected chi connectivity index (χ4v) is 5.40. The number of rotatable bonds is 9. The van der Waals surface area contributed by atoms with Gasteiger partial charge in [-0.3, -0.25) is 4.79 Å². The fourth-order valence-electron chi connectivity index (χ4n) is 3.90. The summed E-state index contributed by atoms with van der Waals surface area (Å²) in [6, 6.07) is 9.94. The van der Waals surface area contributed by atoms with Crippen LogP contribution in [0.25, 0.3) is 11.3 Å². The first-order chi connectivity index (χ1) is 15.2. The molecular weight excluding hydrogens is 426 g/mol. The summed E-state index contributed by atoms with van der Waals surface area (Å²) in [5.74, 6) is 1.85. The molecule has 0 atom stereocenters. The van der Waals surface area contributed by atoms with Crippen LogP contribution in [-0.2, 0) is 17.8 Å². The number of hydrogen-bond acceptors (Lipinski definition) is 6. The summed E-state index contributed by atoms with van der Waals surface area (Å²) in [6.07, 6.45) is 9.32. The van der Waals surface area contributed by atoms with E-state index in [0.29, 0.717) is 17.6 Å². The first-order valence-electron chi connectivity index (χ1n) is 10.7. The number of hydrogen-bond donors (Lipinski definition) is 1. The number of anilines is 1. The Labute approximate surface area is 191 Å². The van der Waals surface area contributed by atoms with Crippen LogP contribution in [0.15, 0.2) is 53.5 Å². The van der Waals surface area contributed by atoms with Crippen molar-refractivity contribution in [3.05, 3.63) is 54.2 Å². The molecule has 0 bridgehead atoms. The molecule has 6 nitrogen and oxygen atoms in total. The Morgan fingerprint density at radius 1 is 1.23 bits per heavy atom. The molecule has 0 aliphatic heterocycles. The van der Waals surface area contributed by atoms with E-state index in [1.807, 2.05) is 41.8 Å². The van der Waals surface area contributed by atoms with E-state index in [4.69, 9.17) is 0 Å². The van der Waals surface area contributed by atoms with Gasteiger partial charge in [-0.2, -0.15) is 0 Å². The van der Waals surface area contributed by atoms with E-state index in [1.54, 1.807) is 0 Å². The molecule has 0 unspecified atom stereocenters. The topological polar surface area (TPSA) is 72.7 Å². The van der Waals surface area contributed by atoms with Gasteiger partial charge in [0.25, 0.3) is 0 Å². The Bertz CT molecular complexity index is 1010. The van der Waals surface area contributed by atoms with Crippen LogP contribution in [0.4, 0.5) is 5.13 Å². The third-order valence-corrected chi connectivity index (χ3v) is 7.18. The quantitative estimate of drug-likeness (QED) is 0.345. The second kappa shape index (κ2) is 10.7. The summed E-state index contributed by atoms with van der Waals surface area (Å²) < 4.78 is 2.09. The van der Waals surface area contributed by atoms with Crippen molar-refractivity contribution in [3.8, 4) is 11.3 Å². The SMILES string of the molecule is C=CCn1c(CC2CCCCC2)nnc1SCC(=O)Nc1nc(-c2ccccc2)cs1. The smallest absolute Gasteiger partial charge is 0.236 e. The predicted octanol–water partition coefficient (Wildman–Crippen LogP) is 5.44. The second-order valence-electron chi connectivity index (χ2n) is 7.75. The number of allylic oxidation sites excluding steroid dienone is 1. The van der Waals surface area contributed by atoms with Crippen molar-refractivity contribution < 1.29 is 4.79 Å². The molecule has 1 aromatic carbocycles. The molecule has 1 fully saturated rings. The van der Waals surface area contributed by atoms with Gasteiger partial charge in [0.2, 0.25) is 5.91 Å². The first kappa shape index (κ1) is 21.8. The van der Waals surface area contributed by atoms with Gasteiger partial charge in [-0.05, 0) is 5.92 Å². The summed E-state index contributed by atoms with van der Waals surface area (Å²) >= 11 is 2.84. The van der Waals surface area contributed by atoms with Crippen molar-refractivity contribution >= 4 is 34.1 Å². The zero-order valence-corrected chi connectivity index (χ0v) is 19.1. The van der Waals surface area contributed by atoms with E-state index >= 15 is 0 Å². The van der Waals surface area contributed by atoms with Crippen molar-refractivity contribution in [1.82, 2.24) is 19.7 Å². The highest BCUT2D eigenvalue weighted by molar-refractivity contribution is 7.99. The molecule has 4 rings (SSSR count). The minimum absolute atomic E-state index is 0.0963. The van der Waals surface area contributed by atoms with Crippen molar-refractivity contribution in [1.29, 1.82) is 0 Å². The average Bonchev–Trinajstić information content (AvgIpc) is 3.41. The van der Waals surface area contributed by atoms with Gasteiger partial charge in [0.1, 0.15) is 5.82 Å². The van der Waals surface area contributed by atoms with E-state index in [-0.39, 0.29) is 11.7 Å². The zero-order chi connectivity index (χ0) is 21.5. The van der Waals surface area contributed by atoms with Crippen molar-refractivity contribution in [2.75, 3.05) is 11.1 Å². The highest BCUT2D eigenvalue weighted by Crippen LogP contribution is 2.28. The average molecular weight is 454 g/mol. The minimum Gasteiger partial charge on any atom is -0.302 e. The van der Waals surface area contributed by atoms with Gasteiger partial charge in [-0.25, -0.2) is 4.98 Å². The lowest BCUT2D eigenvalue weighted by Crippen LogP contribution is -2.15. The molecule has 0 saturated heterocycles. The number of nitrogens with one attached hydrogen (secondary N) is 1. The number of nitrogens with zero attached hydrogens (tertiary/aromatic N) is 4. The van der Waals surface area contributed by atoms with E-state index in [2.05, 4.69) is 31.6 Å². The number of carbonyl (C=O) groups excluding carboxylic acids is 1. The number of carbonyl (C=O) groups is 1. The third kappa shape index (κ3) is 5.83. The summed E-state index contributed by atoms with van der Waals surface area (Å²) in [5, 5.41) is 15.0. The van der Waals surface area contributed by atoms with Gasteiger partial charge in [0.05, 0.1) is 11.4 Å². The summed E-state index contributed by atoms with van der Waals surface area (Å²) in [5.41, 5.74) is 1.91. The number of thiazole rings is 1. The lowest BCUT2D eigenvalue weighted by molar-refractivity contribution is -0.113. The Kier molecular flexibility index (Phi) is 7.53. The number of aromatic nitrogens is 4. The molecule has 2 heterocycles. The number of thioether (sulfide) groups is 1. The molecule has 2 aromatic heterocycles. The molecule has 1 amide bonds. The van der Waals surface area contributed by atoms with E-state index in [0.717, 1.165) is 28.7 Å². The fraction of sp³-hybridized carbons (Fsp3) is 0.391. The predicted molar refractivity (Wildman–Crippen MR) is 127 cm³/mol. The molecule has 3 aromatic rings. The molecule has 1 N–H and O–H groups in total. The normalized spacial score (nSPS) is 14.5. The standard InChI is InChI=1S/C23H27N5OS2/c1-2-13-28-20(14-17-9-5-3-6-10-17)26-27-23(28)31-16-21(29)25-22-24-19(15-30-22)18-11-7-4-8-12-18/h2,4,7-8,11-12,15,17H,1,3,5-6,9-10,13-14,16H2,(H,24,25,29). The van der Waals surface area contributed by atoms with Crippen LogP contribution in [0.5, 0.6) is 0 Å². The summed E-state index contributed by atoms with van der Waals surface area (Å²) in [7, 11) is 0. The van der Waals surface area contributed by atoms with Gasteiger partial charge in [-0.1, -0.05) is 80.3 Å². The first-order valence-corrected chi connectivity index (χ1v) is 12.6. The largest absolute Gasteiger partial charge is 0.302 e. The van der Waals surface area contributed by atoms with Crippen LogP contribution >= 0.6 is 23.1 Å². The molecule has 162 valence electrons. The molecule has 8 heteroatoms. The summed E-state index contributed by atoms with van der Waals surface area (Å²) in [6.45, 7) is 4.53. The molecule has 31 heavy (non-hydrogen) atoms. The molecule has 1 aliphatic rings. The van der Waals surface area contributed by atoms with Gasteiger partial charge >= 0.3 is 0 Å². The Morgan fingerprint density at radius 2 is 2.03 bits per heavy atom. The maximum absolute atomic E-state index is 12.5. The monoisotopic (exact) mass is 453 g/mol. The maximum Gasteiger partial charge on any atom is 0.236 e. The maximum atomic E-state index is 12.5. The van der Waals surface area contributed by atoms with Crippen LogP contribution in [0, 0.1) is 5.92 Å². The highest BCUT2D eigenvalue weighted by Gasteiger charge is 2.20. The van der Waals surface area contributed by atoms with Crippen LogP contribution in [0.3, 0.4) is 0 Å². The Hall–Kier alpha value is -2.45. The highest BCUT2D eigenvalue weighted by atomic mass is 32.2. The van der Waals surface area contributed by atoms with Gasteiger partial charge in [0.15, 0.2) is 10.3 Å². The molecule has 1 aliphatic carbocycles. The molecule has 0 spiro atoms. The lowest BCUT2D eigenvalue weighted by atomic mass is 9.87. The number of amides is 1. The Morgan fingerprint density at radius 3 is 2.81 bits per heavy atom. The van der Waals surface area contributed by atoms with Crippen molar-refractivity contribution in [2.45, 2.75) is 50.2 Å². The van der Waals surface area contributed by atoms with Crippen LogP contribution in [-0.4, -0.2) is 31.4 Å². The molecular formula is C23H27N5OS2. The minimum atomic E-state index is -0.0963. The van der Waals surface area contributed by atoms with Gasteiger partial charge in [-0.15, -0.1) is 28.1 Å². The van der Waals surface area contributed by atoms with Gasteiger partial charge in [0, 0.05) is 23.9 Å². The van der Waals surface area contributed by atoms with Gasteiger partial charge < -0.3 is 9.88 Å². The van der Waals surface area contributed by atoms with Crippen molar-refractivity contribution in [2.24, 2.45) is 5.92 Å². The van der Waals surface area contributed by atoms with E-state index in [9.17, 15) is 4.79 Å². The van der Waals surface area contributed by atoms with E-state index in [1.165, 1.54) is 55.2 Å². The zero-order valence-electron chi connectivity index (χ0n) is 17.5. The summed E-state index contributed by atoms with van der Waals surface area (Å²) in [4.78, 5) is 17.0. The third-order valence-electron chi connectivity index (χ3n) is 5.45. The number of benzene rings is 1. The lowest BCUT2D eigenvalue weighted by Gasteiger charge is -2.21. The van der Waals surface area contributed by atoms with Crippen LogP contribution in [0.1, 0.15) is 37.9 Å². The van der Waals surface area contributed by atoms with E-state index < -0.39 is 0 Å².